The number of rotatable bonds is 4. The van der Waals surface area contributed by atoms with Crippen LogP contribution in [0.1, 0.15) is 6.92 Å². The van der Waals surface area contributed by atoms with Crippen LogP contribution in [-0.4, -0.2) is 40.3 Å². The van der Waals surface area contributed by atoms with Crippen molar-refractivity contribution in [2.75, 3.05) is 0 Å². The van der Waals surface area contributed by atoms with Gasteiger partial charge in [0.2, 0.25) is 6.10 Å². The molecule has 0 saturated heterocycles. The van der Waals surface area contributed by atoms with Crippen LogP contribution in [0, 0.1) is 0 Å². The number of carbonyl (C=O) groups is 3. The first kappa shape index (κ1) is 11.4. The molecule has 0 saturated carbocycles. The Balaban J connectivity index is 4.51. The van der Waals surface area contributed by atoms with E-state index < -0.39 is 30.1 Å². The maximum Gasteiger partial charge on any atom is 0.347 e. The number of hydrogen-bond donors (Lipinski definition) is 3. The molecule has 7 heteroatoms. The van der Waals surface area contributed by atoms with Gasteiger partial charge in [0.25, 0.3) is 0 Å². The number of carboxylic acids is 2. The molecule has 0 bridgehead atoms. The van der Waals surface area contributed by atoms with Crippen LogP contribution in [0.3, 0.4) is 0 Å². The normalized spacial score (nSPS) is 14.3. The van der Waals surface area contributed by atoms with Crippen LogP contribution in [0.2, 0.25) is 0 Å². The molecule has 0 aromatic carbocycles. The largest absolute Gasteiger partial charge is 0.480 e. The third-order valence-electron chi connectivity index (χ3n) is 1.15. The van der Waals surface area contributed by atoms with Gasteiger partial charge in [0, 0.05) is 6.92 Å². The molecular formula is C6H9NO6. The molecule has 0 rings (SSSR count). The van der Waals surface area contributed by atoms with Crippen LogP contribution in [0.25, 0.3) is 0 Å². The number of hydrogen-bond acceptors (Lipinski definition) is 5. The lowest BCUT2D eigenvalue weighted by molar-refractivity contribution is -0.167. The van der Waals surface area contributed by atoms with Crippen LogP contribution >= 0.6 is 0 Å². The van der Waals surface area contributed by atoms with E-state index in [9.17, 15) is 14.4 Å². The van der Waals surface area contributed by atoms with E-state index in [0.29, 0.717) is 0 Å². The summed E-state index contributed by atoms with van der Waals surface area (Å²) >= 11 is 0. The van der Waals surface area contributed by atoms with Gasteiger partial charge in [0.1, 0.15) is 0 Å². The fourth-order valence-electron chi connectivity index (χ4n) is 0.586. The zero-order valence-corrected chi connectivity index (χ0v) is 6.76. The SMILES string of the molecule is CC(=O)O[C@H](C(=O)O)C(N)C(=O)O. The first-order valence-corrected chi connectivity index (χ1v) is 3.24. The second-order valence-corrected chi connectivity index (χ2v) is 2.23. The first-order chi connectivity index (χ1) is 5.86. The molecule has 0 aromatic heterocycles. The Labute approximate surface area is 73.1 Å². The van der Waals surface area contributed by atoms with E-state index >= 15 is 0 Å². The van der Waals surface area contributed by atoms with Crippen LogP contribution in [0.15, 0.2) is 0 Å². The molecule has 2 atom stereocenters. The van der Waals surface area contributed by atoms with E-state index in [2.05, 4.69) is 4.74 Å². The summed E-state index contributed by atoms with van der Waals surface area (Å²) in [5, 5.41) is 16.8. The lowest BCUT2D eigenvalue weighted by atomic mass is 10.2. The lowest BCUT2D eigenvalue weighted by Gasteiger charge is -2.15. The summed E-state index contributed by atoms with van der Waals surface area (Å²) in [7, 11) is 0. The van der Waals surface area contributed by atoms with E-state index in [1.165, 1.54) is 0 Å². The average Bonchev–Trinajstić information content (AvgIpc) is 1.97. The summed E-state index contributed by atoms with van der Waals surface area (Å²) < 4.78 is 4.19. The van der Waals surface area contributed by atoms with E-state index in [0.717, 1.165) is 6.92 Å². The highest BCUT2D eigenvalue weighted by molar-refractivity contribution is 5.86. The minimum atomic E-state index is -1.85. The molecule has 0 aliphatic carbocycles. The minimum absolute atomic E-state index is 0.899. The second-order valence-electron chi connectivity index (χ2n) is 2.23. The van der Waals surface area contributed by atoms with Crippen molar-refractivity contribution in [3.05, 3.63) is 0 Å². The van der Waals surface area contributed by atoms with Crippen molar-refractivity contribution in [2.45, 2.75) is 19.1 Å². The summed E-state index contributed by atoms with van der Waals surface area (Å²) in [6.45, 7) is 0.963. The third kappa shape index (κ3) is 3.52. The van der Waals surface area contributed by atoms with Crippen molar-refractivity contribution >= 4 is 17.9 Å². The summed E-state index contributed by atoms with van der Waals surface area (Å²) in [6, 6.07) is -1.76. The summed E-state index contributed by atoms with van der Waals surface area (Å²) in [6.07, 6.45) is -1.85. The molecule has 0 aliphatic heterocycles. The van der Waals surface area contributed by atoms with Gasteiger partial charge in [-0.1, -0.05) is 0 Å². The predicted molar refractivity (Wildman–Crippen MR) is 38.8 cm³/mol. The van der Waals surface area contributed by atoms with Crippen LogP contribution < -0.4 is 5.73 Å². The quantitative estimate of drug-likeness (QED) is 0.457. The molecule has 0 aromatic rings. The molecule has 13 heavy (non-hydrogen) atoms. The number of nitrogens with two attached hydrogens (primary N) is 1. The van der Waals surface area contributed by atoms with Crippen molar-refractivity contribution in [1.82, 2.24) is 0 Å². The minimum Gasteiger partial charge on any atom is -0.480 e. The van der Waals surface area contributed by atoms with Crippen LogP contribution in [0.4, 0.5) is 0 Å². The lowest BCUT2D eigenvalue weighted by Crippen LogP contribution is -2.48. The predicted octanol–water partition coefficient (Wildman–Crippen LogP) is -1.59. The van der Waals surface area contributed by atoms with Gasteiger partial charge in [-0.25, -0.2) is 4.79 Å². The van der Waals surface area contributed by atoms with E-state index in [-0.39, 0.29) is 0 Å². The molecule has 0 aliphatic rings. The topological polar surface area (TPSA) is 127 Å². The Morgan fingerprint density at radius 2 is 1.69 bits per heavy atom. The van der Waals surface area contributed by atoms with E-state index in [1.54, 1.807) is 0 Å². The molecule has 74 valence electrons. The maximum absolute atomic E-state index is 10.4. The van der Waals surface area contributed by atoms with Crippen molar-refractivity contribution in [2.24, 2.45) is 5.73 Å². The molecule has 0 amide bonds. The highest BCUT2D eigenvalue weighted by Gasteiger charge is 2.33. The smallest absolute Gasteiger partial charge is 0.347 e. The molecule has 7 nitrogen and oxygen atoms in total. The monoisotopic (exact) mass is 191 g/mol. The number of carbonyl (C=O) groups excluding carboxylic acids is 1. The van der Waals surface area contributed by atoms with Crippen molar-refractivity contribution in [3.8, 4) is 0 Å². The Morgan fingerprint density at radius 1 is 1.23 bits per heavy atom. The summed E-state index contributed by atoms with van der Waals surface area (Å²) in [5.41, 5.74) is 4.95. The Morgan fingerprint density at radius 3 is 1.92 bits per heavy atom. The van der Waals surface area contributed by atoms with Gasteiger partial charge in [-0.05, 0) is 0 Å². The molecule has 0 fully saturated rings. The van der Waals surface area contributed by atoms with E-state index in [4.69, 9.17) is 15.9 Å². The summed E-state index contributed by atoms with van der Waals surface area (Å²) in [4.78, 5) is 31.0. The molecule has 4 N–H and O–H groups in total. The molecule has 0 spiro atoms. The van der Waals surface area contributed by atoms with Crippen LogP contribution in [0.5, 0.6) is 0 Å². The second kappa shape index (κ2) is 4.41. The van der Waals surface area contributed by atoms with E-state index in [1.807, 2.05) is 0 Å². The van der Waals surface area contributed by atoms with Crippen molar-refractivity contribution in [3.63, 3.8) is 0 Å². The highest BCUT2D eigenvalue weighted by Crippen LogP contribution is 1.98. The molecular weight excluding hydrogens is 182 g/mol. The van der Waals surface area contributed by atoms with Crippen LogP contribution in [-0.2, 0) is 19.1 Å². The first-order valence-electron chi connectivity index (χ1n) is 3.24. The molecule has 0 radical (unpaired) electrons. The number of ether oxygens (including phenoxy) is 1. The zero-order chi connectivity index (χ0) is 10.6. The average molecular weight is 191 g/mol. The number of aliphatic carboxylic acids is 2. The van der Waals surface area contributed by atoms with Crippen molar-refractivity contribution < 1.29 is 29.3 Å². The third-order valence-corrected chi connectivity index (χ3v) is 1.15. The molecule has 0 heterocycles. The Kier molecular flexibility index (Phi) is 3.86. The van der Waals surface area contributed by atoms with Gasteiger partial charge < -0.3 is 20.7 Å². The number of esters is 1. The fraction of sp³-hybridized carbons (Fsp3) is 0.500. The van der Waals surface area contributed by atoms with Gasteiger partial charge >= 0.3 is 17.9 Å². The van der Waals surface area contributed by atoms with Gasteiger partial charge in [0.15, 0.2) is 6.04 Å². The summed E-state index contributed by atoms with van der Waals surface area (Å²) in [5.74, 6) is -4.04. The standard InChI is InChI=1S/C6H9NO6/c1-2(8)13-4(6(11)12)3(7)5(9)10/h3-4H,7H2,1H3,(H,9,10)(H,11,12)/t3?,4-/m0/s1. The maximum atomic E-state index is 10.4. The fourth-order valence-corrected chi connectivity index (χ4v) is 0.586. The Bertz CT molecular complexity index is 237. The Hall–Kier alpha value is -1.63. The highest BCUT2D eigenvalue weighted by atomic mass is 16.6. The zero-order valence-electron chi connectivity index (χ0n) is 6.76. The van der Waals surface area contributed by atoms with Gasteiger partial charge in [-0.3, -0.25) is 9.59 Å². The van der Waals surface area contributed by atoms with Gasteiger partial charge in [-0.15, -0.1) is 0 Å². The molecule has 1 unspecified atom stereocenters. The van der Waals surface area contributed by atoms with Crippen molar-refractivity contribution in [1.29, 1.82) is 0 Å². The number of carboxylic acid groups (broad SMARTS) is 2. The van der Waals surface area contributed by atoms with Gasteiger partial charge in [-0.2, -0.15) is 0 Å². The van der Waals surface area contributed by atoms with Gasteiger partial charge in [0.05, 0.1) is 0 Å².